The van der Waals surface area contributed by atoms with Crippen molar-refractivity contribution in [1.82, 2.24) is 0 Å². The Morgan fingerprint density at radius 3 is 2.45 bits per heavy atom. The number of nitrogens with one attached hydrogen (secondary N) is 1. The van der Waals surface area contributed by atoms with Gasteiger partial charge in [0, 0.05) is 11.6 Å². The number of likely N-dealkylation sites (N-methyl/N-ethyl adjacent to an activating group) is 1. The van der Waals surface area contributed by atoms with Crippen LogP contribution in [0, 0.1) is 0 Å². The van der Waals surface area contributed by atoms with E-state index in [0.29, 0.717) is 0 Å². The lowest BCUT2D eigenvalue weighted by atomic mass is 9.98. The SMILES string of the molecule is CCCCCc1cc2c(cc1OCC[NH+](C)C)OC(C)(C)C=C2.O=C([O-])C(=O)O. The van der Waals surface area contributed by atoms with E-state index in [1.54, 1.807) is 0 Å². The fourth-order valence-corrected chi connectivity index (χ4v) is 2.71. The number of carboxylic acids is 2. The second-order valence-electron chi connectivity index (χ2n) is 7.89. The number of fused-ring (bicyclic) bond motifs is 1. The van der Waals surface area contributed by atoms with Crippen molar-refractivity contribution < 1.29 is 34.2 Å². The maximum Gasteiger partial charge on any atom is 0.351 e. The molecule has 0 aromatic heterocycles. The van der Waals surface area contributed by atoms with Gasteiger partial charge in [0.25, 0.3) is 0 Å². The third-order valence-electron chi connectivity index (χ3n) is 4.31. The molecule has 0 unspecified atom stereocenters. The molecule has 162 valence electrons. The van der Waals surface area contributed by atoms with Crippen LogP contribution in [0.5, 0.6) is 11.5 Å². The number of quaternary nitrogens is 1. The number of aryl methyl sites for hydroxylation is 1. The lowest BCUT2D eigenvalue weighted by molar-refractivity contribution is -0.858. The van der Waals surface area contributed by atoms with Crippen molar-refractivity contribution in [2.45, 2.75) is 52.1 Å². The van der Waals surface area contributed by atoms with Crippen LogP contribution in [0.25, 0.3) is 6.08 Å². The number of ether oxygens (including phenoxy) is 2. The first-order valence-electron chi connectivity index (χ1n) is 9.97. The van der Waals surface area contributed by atoms with Gasteiger partial charge in [-0.25, -0.2) is 4.79 Å². The molecule has 0 aliphatic carbocycles. The van der Waals surface area contributed by atoms with Crippen LogP contribution in [0.3, 0.4) is 0 Å². The van der Waals surface area contributed by atoms with Crippen molar-refractivity contribution in [3.05, 3.63) is 29.3 Å². The maximum absolute atomic E-state index is 9.04. The highest BCUT2D eigenvalue weighted by Crippen LogP contribution is 2.36. The molecule has 0 fully saturated rings. The molecule has 2 N–H and O–H groups in total. The predicted octanol–water partition coefficient (Wildman–Crippen LogP) is 0.948. The number of carbonyl (C=O) groups is 2. The van der Waals surface area contributed by atoms with Gasteiger partial charge in [0.05, 0.1) is 14.1 Å². The summed E-state index contributed by atoms with van der Waals surface area (Å²) >= 11 is 0. The second kappa shape index (κ2) is 11.5. The van der Waals surface area contributed by atoms with Crippen molar-refractivity contribution in [3.8, 4) is 11.5 Å². The molecule has 0 saturated heterocycles. The number of hydrogen-bond donors (Lipinski definition) is 2. The quantitative estimate of drug-likeness (QED) is 0.492. The van der Waals surface area contributed by atoms with Crippen LogP contribution in [0.1, 0.15) is 51.2 Å². The summed E-state index contributed by atoms with van der Waals surface area (Å²) in [5, 5.41) is 16.3. The highest BCUT2D eigenvalue weighted by molar-refractivity contribution is 6.26. The van der Waals surface area contributed by atoms with Crippen LogP contribution >= 0.6 is 0 Å². The van der Waals surface area contributed by atoms with Crippen molar-refractivity contribution >= 4 is 18.0 Å². The zero-order valence-electron chi connectivity index (χ0n) is 18.0. The summed E-state index contributed by atoms with van der Waals surface area (Å²) in [5.74, 6) is -2.08. The Balaban J connectivity index is 0.000000612. The van der Waals surface area contributed by atoms with E-state index in [-0.39, 0.29) is 5.60 Å². The largest absolute Gasteiger partial charge is 0.539 e. The van der Waals surface area contributed by atoms with E-state index in [1.165, 1.54) is 35.3 Å². The molecule has 7 heteroatoms. The monoisotopic (exact) mass is 407 g/mol. The molecule has 7 nitrogen and oxygen atoms in total. The summed E-state index contributed by atoms with van der Waals surface area (Å²) in [6.45, 7) is 8.14. The minimum atomic E-state index is -2.07. The molecule has 0 bridgehead atoms. The normalized spacial score (nSPS) is 13.7. The number of rotatable bonds is 8. The summed E-state index contributed by atoms with van der Waals surface area (Å²) < 4.78 is 12.2. The Morgan fingerprint density at radius 2 is 1.90 bits per heavy atom. The molecule has 2 rings (SSSR count). The molecule has 1 aromatic rings. The molecule has 1 heterocycles. The first kappa shape index (κ1) is 24.5. The molecule has 1 aliphatic heterocycles. The fourth-order valence-electron chi connectivity index (χ4n) is 2.71. The van der Waals surface area contributed by atoms with E-state index in [9.17, 15) is 0 Å². The molecule has 0 radical (unpaired) electrons. The third-order valence-corrected chi connectivity index (χ3v) is 4.31. The Labute approximate surface area is 172 Å². The molecule has 1 aromatic carbocycles. The maximum atomic E-state index is 9.04. The standard InChI is InChI=1S/C20H31NO2.C2H2O4/c1-6-7-8-9-16-14-17-10-11-20(2,3)23-19(17)15-18(16)22-13-12-21(4)5;3-1(4)2(5)6/h10-11,14-15H,6-9,12-13H2,1-5H3;(H,3,4)(H,5,6). The highest BCUT2D eigenvalue weighted by Gasteiger charge is 2.23. The summed E-state index contributed by atoms with van der Waals surface area (Å²) in [5.41, 5.74) is 2.22. The lowest BCUT2D eigenvalue weighted by Crippen LogP contribution is -3.06. The van der Waals surface area contributed by atoms with Gasteiger partial charge in [0.15, 0.2) is 5.97 Å². The van der Waals surface area contributed by atoms with Crippen LogP contribution in [-0.2, 0) is 16.0 Å². The van der Waals surface area contributed by atoms with Gasteiger partial charge in [0.1, 0.15) is 30.3 Å². The van der Waals surface area contributed by atoms with Gasteiger partial charge in [-0.2, -0.15) is 0 Å². The van der Waals surface area contributed by atoms with Gasteiger partial charge < -0.3 is 29.4 Å². The second-order valence-corrected chi connectivity index (χ2v) is 7.89. The summed E-state index contributed by atoms with van der Waals surface area (Å²) in [4.78, 5) is 19.4. The third kappa shape index (κ3) is 9.00. The van der Waals surface area contributed by atoms with Gasteiger partial charge in [-0.3, -0.25) is 0 Å². The van der Waals surface area contributed by atoms with Crippen LogP contribution in [0.15, 0.2) is 18.2 Å². The topological polar surface area (TPSA) is 100 Å². The molecular formula is C22H33NO6. The molecule has 0 saturated carbocycles. The summed E-state index contributed by atoms with van der Waals surface area (Å²) in [7, 11) is 4.30. The first-order valence-corrected chi connectivity index (χ1v) is 9.97. The minimum absolute atomic E-state index is 0.248. The first-order chi connectivity index (χ1) is 13.6. The Bertz CT molecular complexity index is 712. The van der Waals surface area contributed by atoms with E-state index < -0.39 is 11.9 Å². The van der Waals surface area contributed by atoms with Crippen LogP contribution < -0.4 is 19.5 Å². The van der Waals surface area contributed by atoms with Gasteiger partial charge in [-0.05, 0) is 44.4 Å². The zero-order chi connectivity index (χ0) is 22.0. The molecule has 0 atom stereocenters. The molecule has 0 spiro atoms. The van der Waals surface area contributed by atoms with E-state index >= 15 is 0 Å². The smallest absolute Gasteiger partial charge is 0.351 e. The van der Waals surface area contributed by atoms with Crippen LogP contribution in [-0.4, -0.2) is 49.9 Å². The Morgan fingerprint density at radius 1 is 1.24 bits per heavy atom. The number of aliphatic carboxylic acids is 2. The molecule has 1 aliphatic rings. The van der Waals surface area contributed by atoms with E-state index in [4.69, 9.17) is 29.3 Å². The minimum Gasteiger partial charge on any atom is -0.539 e. The molecular weight excluding hydrogens is 374 g/mol. The average Bonchev–Trinajstić information content (AvgIpc) is 2.61. The number of carboxylic acid groups (broad SMARTS) is 2. The number of benzene rings is 1. The van der Waals surface area contributed by atoms with E-state index in [2.05, 4.69) is 59.2 Å². The number of unbranched alkanes of at least 4 members (excludes halogenated alkanes) is 2. The van der Waals surface area contributed by atoms with Crippen molar-refractivity contribution in [1.29, 1.82) is 0 Å². The average molecular weight is 408 g/mol. The van der Waals surface area contributed by atoms with Gasteiger partial charge in [-0.15, -0.1) is 0 Å². The fraction of sp³-hybridized carbons (Fsp3) is 0.545. The summed E-state index contributed by atoms with van der Waals surface area (Å²) in [6, 6.07) is 4.33. The summed E-state index contributed by atoms with van der Waals surface area (Å²) in [6.07, 6.45) is 9.08. The van der Waals surface area contributed by atoms with Crippen molar-refractivity contribution in [3.63, 3.8) is 0 Å². The predicted molar refractivity (Wildman–Crippen MR) is 109 cm³/mol. The van der Waals surface area contributed by atoms with E-state index in [1.807, 2.05) is 0 Å². The lowest BCUT2D eigenvalue weighted by Gasteiger charge is -2.29. The van der Waals surface area contributed by atoms with Gasteiger partial charge >= 0.3 is 5.97 Å². The van der Waals surface area contributed by atoms with Gasteiger partial charge in [0.2, 0.25) is 0 Å². The number of hydrogen-bond acceptors (Lipinski definition) is 5. The van der Waals surface area contributed by atoms with Gasteiger partial charge in [-0.1, -0.05) is 25.8 Å². The zero-order valence-corrected chi connectivity index (χ0v) is 18.0. The van der Waals surface area contributed by atoms with E-state index in [0.717, 1.165) is 31.1 Å². The highest BCUT2D eigenvalue weighted by atomic mass is 16.5. The van der Waals surface area contributed by atoms with Crippen LogP contribution in [0.2, 0.25) is 0 Å². The molecule has 0 amide bonds. The van der Waals surface area contributed by atoms with Crippen LogP contribution in [0.4, 0.5) is 0 Å². The van der Waals surface area contributed by atoms with Crippen molar-refractivity contribution in [2.75, 3.05) is 27.2 Å². The molecule has 29 heavy (non-hydrogen) atoms. The Kier molecular flexibility index (Phi) is 9.68. The Hall–Kier alpha value is -2.54. The number of carbonyl (C=O) groups excluding carboxylic acids is 1. The van der Waals surface area contributed by atoms with Crippen molar-refractivity contribution in [2.24, 2.45) is 0 Å².